The highest BCUT2D eigenvalue weighted by Gasteiger charge is 2.08. The summed E-state index contributed by atoms with van der Waals surface area (Å²) in [6.45, 7) is -0.260. The van der Waals surface area contributed by atoms with Gasteiger partial charge in [-0.15, -0.1) is 0 Å². The van der Waals surface area contributed by atoms with Crippen LogP contribution in [0.1, 0.15) is 10.4 Å². The molecule has 18 heavy (non-hydrogen) atoms. The number of aliphatic carboxylic acids is 1. The quantitative estimate of drug-likeness (QED) is 0.787. The van der Waals surface area contributed by atoms with E-state index >= 15 is 0 Å². The molecule has 2 aromatic heterocycles. The number of anilines is 1. The molecule has 0 atom stereocenters. The van der Waals surface area contributed by atoms with Crippen LogP contribution in [0.5, 0.6) is 0 Å². The van der Waals surface area contributed by atoms with E-state index in [4.69, 9.17) is 5.11 Å². The van der Waals surface area contributed by atoms with Gasteiger partial charge in [0.1, 0.15) is 12.9 Å². The minimum Gasteiger partial charge on any atom is -0.480 e. The minimum atomic E-state index is -1.01. The standard InChI is InChI=1S/C10H9N5O3/c16-9(17)5-15-4-8(3-13-15)14-10(18)7-1-11-6-12-2-7/h1-4,6H,5H2,(H,14,18)(H,16,17). The maximum Gasteiger partial charge on any atom is 0.325 e. The molecular weight excluding hydrogens is 238 g/mol. The van der Waals surface area contributed by atoms with Gasteiger partial charge in [0, 0.05) is 18.6 Å². The Morgan fingerprint density at radius 2 is 2.00 bits per heavy atom. The molecule has 2 N–H and O–H groups in total. The van der Waals surface area contributed by atoms with Gasteiger partial charge in [-0.2, -0.15) is 5.10 Å². The molecule has 0 aliphatic rings. The normalized spacial score (nSPS) is 10.0. The van der Waals surface area contributed by atoms with Crippen LogP contribution in [0.4, 0.5) is 5.69 Å². The molecule has 2 aromatic rings. The zero-order valence-electron chi connectivity index (χ0n) is 9.15. The number of amides is 1. The lowest BCUT2D eigenvalue weighted by Crippen LogP contribution is -2.12. The summed E-state index contributed by atoms with van der Waals surface area (Å²) in [5.74, 6) is -1.39. The number of carbonyl (C=O) groups is 2. The second kappa shape index (κ2) is 5.04. The molecular formula is C10H9N5O3. The van der Waals surface area contributed by atoms with Gasteiger partial charge in [0.2, 0.25) is 0 Å². The Hall–Kier alpha value is -2.77. The third-order valence-corrected chi connectivity index (χ3v) is 2.01. The molecule has 0 radical (unpaired) electrons. The first-order chi connectivity index (χ1) is 8.65. The Balaban J connectivity index is 2.04. The molecule has 0 saturated carbocycles. The molecule has 8 heteroatoms. The number of carbonyl (C=O) groups excluding carboxylic acids is 1. The van der Waals surface area contributed by atoms with Crippen molar-refractivity contribution in [3.63, 3.8) is 0 Å². The number of carboxylic acids is 1. The van der Waals surface area contributed by atoms with Crippen LogP contribution in [-0.2, 0) is 11.3 Å². The van der Waals surface area contributed by atoms with E-state index in [0.717, 1.165) is 0 Å². The van der Waals surface area contributed by atoms with Gasteiger partial charge in [0.05, 0.1) is 17.4 Å². The third-order valence-electron chi connectivity index (χ3n) is 2.01. The summed E-state index contributed by atoms with van der Waals surface area (Å²) in [5.41, 5.74) is 0.716. The van der Waals surface area contributed by atoms with E-state index < -0.39 is 5.97 Å². The molecule has 2 rings (SSSR count). The fourth-order valence-electron chi connectivity index (χ4n) is 1.27. The molecule has 0 spiro atoms. The first-order valence-electron chi connectivity index (χ1n) is 4.96. The summed E-state index contributed by atoms with van der Waals surface area (Å²) in [6, 6.07) is 0. The van der Waals surface area contributed by atoms with Gasteiger partial charge in [-0.25, -0.2) is 9.97 Å². The van der Waals surface area contributed by atoms with Crippen molar-refractivity contribution >= 4 is 17.6 Å². The van der Waals surface area contributed by atoms with Crippen molar-refractivity contribution in [1.82, 2.24) is 19.7 Å². The fraction of sp³-hybridized carbons (Fsp3) is 0.100. The van der Waals surface area contributed by atoms with E-state index in [-0.39, 0.29) is 12.5 Å². The Kier molecular flexibility index (Phi) is 3.28. The van der Waals surface area contributed by atoms with Crippen molar-refractivity contribution < 1.29 is 14.7 Å². The van der Waals surface area contributed by atoms with Gasteiger partial charge < -0.3 is 10.4 Å². The predicted molar refractivity (Wildman–Crippen MR) is 59.8 cm³/mol. The van der Waals surface area contributed by atoms with Crippen LogP contribution >= 0.6 is 0 Å². The average Bonchev–Trinajstić information content (AvgIpc) is 2.76. The van der Waals surface area contributed by atoms with Crippen molar-refractivity contribution in [3.8, 4) is 0 Å². The van der Waals surface area contributed by atoms with Gasteiger partial charge in [-0.05, 0) is 0 Å². The smallest absolute Gasteiger partial charge is 0.325 e. The second-order valence-corrected chi connectivity index (χ2v) is 3.40. The SMILES string of the molecule is O=C(O)Cn1cc(NC(=O)c2cncnc2)cn1. The van der Waals surface area contributed by atoms with Crippen LogP contribution in [0.2, 0.25) is 0 Å². The maximum absolute atomic E-state index is 11.7. The number of nitrogens with one attached hydrogen (secondary N) is 1. The van der Waals surface area contributed by atoms with Crippen LogP contribution in [-0.4, -0.2) is 36.7 Å². The predicted octanol–water partition coefficient (Wildman–Crippen LogP) is 0.01000. The zero-order chi connectivity index (χ0) is 13.0. The lowest BCUT2D eigenvalue weighted by atomic mass is 10.3. The van der Waals surface area contributed by atoms with Gasteiger partial charge in [-0.1, -0.05) is 0 Å². The highest BCUT2D eigenvalue weighted by Crippen LogP contribution is 2.07. The highest BCUT2D eigenvalue weighted by molar-refractivity contribution is 6.03. The Labute approximate surface area is 101 Å². The van der Waals surface area contributed by atoms with Crippen molar-refractivity contribution in [2.75, 3.05) is 5.32 Å². The van der Waals surface area contributed by atoms with Crippen LogP contribution in [0, 0.1) is 0 Å². The summed E-state index contributed by atoms with van der Waals surface area (Å²) < 4.78 is 1.21. The summed E-state index contributed by atoms with van der Waals surface area (Å²) in [5, 5.41) is 14.9. The molecule has 0 fully saturated rings. The van der Waals surface area contributed by atoms with E-state index in [2.05, 4.69) is 20.4 Å². The average molecular weight is 247 g/mol. The zero-order valence-corrected chi connectivity index (χ0v) is 9.15. The number of carboxylic acid groups (broad SMARTS) is 1. The molecule has 2 heterocycles. The van der Waals surface area contributed by atoms with Crippen LogP contribution in [0.15, 0.2) is 31.1 Å². The van der Waals surface area contributed by atoms with Crippen molar-refractivity contribution in [1.29, 1.82) is 0 Å². The van der Waals surface area contributed by atoms with Gasteiger partial charge >= 0.3 is 5.97 Å². The van der Waals surface area contributed by atoms with Crippen LogP contribution in [0.25, 0.3) is 0 Å². The van der Waals surface area contributed by atoms with Crippen LogP contribution in [0.3, 0.4) is 0 Å². The molecule has 0 aromatic carbocycles. The first-order valence-corrected chi connectivity index (χ1v) is 4.96. The maximum atomic E-state index is 11.7. The van der Waals surface area contributed by atoms with Crippen LogP contribution < -0.4 is 5.32 Å². The van der Waals surface area contributed by atoms with E-state index in [1.54, 1.807) is 0 Å². The van der Waals surface area contributed by atoms with E-state index in [1.165, 1.54) is 35.8 Å². The van der Waals surface area contributed by atoms with Gasteiger partial charge in [0.15, 0.2) is 0 Å². The Morgan fingerprint density at radius 1 is 1.28 bits per heavy atom. The second-order valence-electron chi connectivity index (χ2n) is 3.40. The molecule has 0 aliphatic carbocycles. The number of rotatable bonds is 4. The van der Waals surface area contributed by atoms with E-state index in [9.17, 15) is 9.59 Å². The van der Waals surface area contributed by atoms with Gasteiger partial charge in [0.25, 0.3) is 5.91 Å². The topological polar surface area (TPSA) is 110 Å². The van der Waals surface area contributed by atoms with Crippen molar-refractivity contribution in [2.24, 2.45) is 0 Å². The largest absolute Gasteiger partial charge is 0.480 e. The van der Waals surface area contributed by atoms with Gasteiger partial charge in [-0.3, -0.25) is 14.3 Å². The monoisotopic (exact) mass is 247 g/mol. The number of aromatic nitrogens is 4. The van der Waals surface area contributed by atoms with Crippen molar-refractivity contribution in [3.05, 3.63) is 36.7 Å². The molecule has 0 bridgehead atoms. The number of hydrogen-bond acceptors (Lipinski definition) is 5. The molecule has 1 amide bonds. The highest BCUT2D eigenvalue weighted by atomic mass is 16.4. The lowest BCUT2D eigenvalue weighted by Gasteiger charge is -2.00. The summed E-state index contributed by atoms with van der Waals surface area (Å²) in [6.07, 6.45) is 6.87. The molecule has 0 aliphatic heterocycles. The summed E-state index contributed by atoms with van der Waals surface area (Å²) in [4.78, 5) is 29.6. The lowest BCUT2D eigenvalue weighted by molar-refractivity contribution is -0.137. The van der Waals surface area contributed by atoms with Crippen molar-refractivity contribution in [2.45, 2.75) is 6.54 Å². The molecule has 8 nitrogen and oxygen atoms in total. The Bertz CT molecular complexity index is 566. The summed E-state index contributed by atoms with van der Waals surface area (Å²) in [7, 11) is 0. The molecule has 0 saturated heterocycles. The number of nitrogens with zero attached hydrogens (tertiary/aromatic N) is 4. The first kappa shape index (κ1) is 11.7. The van der Waals surface area contributed by atoms with E-state index in [1.807, 2.05) is 0 Å². The minimum absolute atomic E-state index is 0.260. The summed E-state index contributed by atoms with van der Waals surface area (Å²) >= 11 is 0. The molecule has 92 valence electrons. The third kappa shape index (κ3) is 2.88. The van der Waals surface area contributed by atoms with E-state index in [0.29, 0.717) is 11.3 Å². The number of hydrogen-bond donors (Lipinski definition) is 2. The molecule has 0 unspecified atom stereocenters. The Morgan fingerprint density at radius 3 is 2.67 bits per heavy atom. The fourth-order valence-corrected chi connectivity index (χ4v) is 1.27.